The molecule has 0 atom stereocenters. The molecule has 2 aromatic carbocycles. The highest BCUT2D eigenvalue weighted by molar-refractivity contribution is 5.93. The van der Waals surface area contributed by atoms with Gasteiger partial charge in [0.2, 0.25) is 0 Å². The number of anilines is 2. The number of hydrogen-bond donors (Lipinski definition) is 4. The second kappa shape index (κ2) is 7.64. The lowest BCUT2D eigenvalue weighted by molar-refractivity contribution is 0.0523. The Hall–Kier alpha value is -2.89. The Kier molecular flexibility index (Phi) is 5.88. The second-order valence-corrected chi connectivity index (χ2v) is 4.06. The van der Waals surface area contributed by atoms with Crippen molar-refractivity contribution in [2.75, 3.05) is 18.1 Å². The van der Waals surface area contributed by atoms with Crippen LogP contribution in [0.15, 0.2) is 42.5 Å². The molecular formula is C15H18N2O4. The number of carbonyl (C=O) groups excluding carboxylic acids is 1. The van der Waals surface area contributed by atoms with E-state index in [-0.39, 0.29) is 23.7 Å². The van der Waals surface area contributed by atoms with E-state index >= 15 is 0 Å². The number of phenolic OH excluding ortho intramolecular Hbond substituents is 2. The van der Waals surface area contributed by atoms with Crippen molar-refractivity contribution in [2.24, 2.45) is 0 Å². The summed E-state index contributed by atoms with van der Waals surface area (Å²) in [4.78, 5) is 11.2. The van der Waals surface area contributed by atoms with Gasteiger partial charge in [0.1, 0.15) is 17.1 Å². The lowest BCUT2D eigenvalue weighted by atomic mass is 10.2. The fourth-order valence-electron chi connectivity index (χ4n) is 1.41. The Morgan fingerprint density at radius 2 is 1.76 bits per heavy atom. The lowest BCUT2D eigenvalue weighted by Crippen LogP contribution is -2.05. The molecule has 0 saturated heterocycles. The molecule has 0 heterocycles. The molecule has 0 amide bonds. The van der Waals surface area contributed by atoms with Crippen LogP contribution >= 0.6 is 0 Å². The predicted octanol–water partition coefficient (Wildman–Crippen LogP) is 2.13. The van der Waals surface area contributed by atoms with E-state index in [9.17, 15) is 9.90 Å². The number of ether oxygens (including phenoxy) is 1. The van der Waals surface area contributed by atoms with E-state index in [0.717, 1.165) is 0 Å². The minimum Gasteiger partial charge on any atom is -0.507 e. The molecule has 0 fully saturated rings. The third-order valence-corrected chi connectivity index (χ3v) is 2.45. The fourth-order valence-corrected chi connectivity index (χ4v) is 1.41. The summed E-state index contributed by atoms with van der Waals surface area (Å²) in [7, 11) is 0. The van der Waals surface area contributed by atoms with E-state index in [1.807, 2.05) is 0 Å². The monoisotopic (exact) mass is 290 g/mol. The molecule has 6 heteroatoms. The van der Waals surface area contributed by atoms with Crippen molar-refractivity contribution in [3.8, 4) is 11.5 Å². The highest BCUT2D eigenvalue weighted by Gasteiger charge is 2.11. The number of para-hydroxylation sites is 2. The summed E-state index contributed by atoms with van der Waals surface area (Å²) in [6.45, 7) is 1.97. The Balaban J connectivity index is 0.000000235. The highest BCUT2D eigenvalue weighted by Crippen LogP contribution is 2.20. The molecule has 0 bridgehead atoms. The van der Waals surface area contributed by atoms with Gasteiger partial charge in [0.15, 0.2) is 0 Å². The number of benzene rings is 2. The molecule has 0 spiro atoms. The molecule has 2 rings (SSSR count). The van der Waals surface area contributed by atoms with Gasteiger partial charge >= 0.3 is 5.97 Å². The van der Waals surface area contributed by atoms with Gasteiger partial charge in [-0.1, -0.05) is 12.1 Å². The molecule has 6 nitrogen and oxygen atoms in total. The molecule has 0 aromatic heterocycles. The van der Waals surface area contributed by atoms with Crippen molar-refractivity contribution < 1.29 is 19.7 Å². The maximum Gasteiger partial charge on any atom is 0.341 e. The molecule has 0 aliphatic carbocycles. The molecular weight excluding hydrogens is 272 g/mol. The summed E-state index contributed by atoms with van der Waals surface area (Å²) < 4.78 is 4.71. The average molecular weight is 290 g/mol. The zero-order chi connectivity index (χ0) is 15.8. The first-order valence-corrected chi connectivity index (χ1v) is 6.24. The number of nitrogen functional groups attached to an aromatic ring is 2. The highest BCUT2D eigenvalue weighted by atomic mass is 16.5. The first-order valence-electron chi connectivity index (χ1n) is 6.24. The normalized spacial score (nSPS) is 9.38. The van der Waals surface area contributed by atoms with E-state index < -0.39 is 5.97 Å². The van der Waals surface area contributed by atoms with Crippen molar-refractivity contribution in [2.45, 2.75) is 6.92 Å². The molecule has 21 heavy (non-hydrogen) atoms. The van der Waals surface area contributed by atoms with E-state index in [4.69, 9.17) is 21.3 Å². The fraction of sp³-hybridized carbons (Fsp3) is 0.133. The maximum atomic E-state index is 11.2. The van der Waals surface area contributed by atoms with E-state index in [2.05, 4.69) is 0 Å². The first-order chi connectivity index (χ1) is 9.95. The Morgan fingerprint density at radius 1 is 1.10 bits per heavy atom. The summed E-state index contributed by atoms with van der Waals surface area (Å²) in [5.41, 5.74) is 11.7. The van der Waals surface area contributed by atoms with Crippen molar-refractivity contribution in [3.63, 3.8) is 0 Å². The quantitative estimate of drug-likeness (QED) is 0.291. The zero-order valence-corrected chi connectivity index (χ0v) is 11.6. The van der Waals surface area contributed by atoms with Crippen LogP contribution in [0.1, 0.15) is 17.3 Å². The maximum absolute atomic E-state index is 11.2. The molecule has 2 aromatic rings. The summed E-state index contributed by atoms with van der Waals surface area (Å²) in [6, 6.07) is 11.0. The average Bonchev–Trinajstić information content (AvgIpc) is 2.46. The first kappa shape index (κ1) is 16.2. The minimum absolute atomic E-state index is 0.0989. The van der Waals surface area contributed by atoms with E-state index in [0.29, 0.717) is 11.4 Å². The van der Waals surface area contributed by atoms with Gasteiger partial charge in [-0.2, -0.15) is 0 Å². The summed E-state index contributed by atoms with van der Waals surface area (Å²) in [6.07, 6.45) is 0. The number of aromatic hydroxyl groups is 2. The van der Waals surface area contributed by atoms with Crippen LogP contribution in [-0.4, -0.2) is 22.8 Å². The van der Waals surface area contributed by atoms with Gasteiger partial charge < -0.3 is 26.4 Å². The predicted molar refractivity (Wildman–Crippen MR) is 81.0 cm³/mol. The Morgan fingerprint density at radius 3 is 2.29 bits per heavy atom. The van der Waals surface area contributed by atoms with Crippen LogP contribution in [0.2, 0.25) is 0 Å². The Bertz CT molecular complexity index is 593. The van der Waals surface area contributed by atoms with Crippen LogP contribution < -0.4 is 11.5 Å². The van der Waals surface area contributed by atoms with Crippen LogP contribution in [0.25, 0.3) is 0 Å². The molecule has 0 saturated carbocycles. The molecule has 6 N–H and O–H groups in total. The number of phenols is 2. The Labute approximate surface area is 122 Å². The third kappa shape index (κ3) is 4.94. The van der Waals surface area contributed by atoms with Gasteiger partial charge in [-0.25, -0.2) is 4.79 Å². The van der Waals surface area contributed by atoms with Gasteiger partial charge in [0.05, 0.1) is 12.3 Å². The largest absolute Gasteiger partial charge is 0.507 e. The topological polar surface area (TPSA) is 119 Å². The van der Waals surface area contributed by atoms with Crippen LogP contribution in [-0.2, 0) is 4.74 Å². The SMILES string of the molecule is CCOC(=O)c1cc(N)ccc1O.Nc1ccccc1O. The van der Waals surface area contributed by atoms with Crippen LogP contribution in [0.3, 0.4) is 0 Å². The van der Waals surface area contributed by atoms with Crippen LogP contribution in [0.4, 0.5) is 11.4 Å². The summed E-state index contributed by atoms with van der Waals surface area (Å²) in [5, 5.41) is 18.1. The second-order valence-electron chi connectivity index (χ2n) is 4.06. The third-order valence-electron chi connectivity index (χ3n) is 2.45. The number of rotatable bonds is 2. The van der Waals surface area contributed by atoms with Crippen molar-refractivity contribution in [3.05, 3.63) is 48.0 Å². The molecule has 0 radical (unpaired) electrons. The van der Waals surface area contributed by atoms with E-state index in [1.165, 1.54) is 18.2 Å². The minimum atomic E-state index is -0.563. The van der Waals surface area contributed by atoms with Crippen LogP contribution in [0.5, 0.6) is 11.5 Å². The van der Waals surface area contributed by atoms with Gasteiger partial charge in [-0.3, -0.25) is 0 Å². The van der Waals surface area contributed by atoms with Gasteiger partial charge in [0, 0.05) is 5.69 Å². The van der Waals surface area contributed by atoms with E-state index in [1.54, 1.807) is 31.2 Å². The van der Waals surface area contributed by atoms with Crippen LogP contribution in [0, 0.1) is 0 Å². The van der Waals surface area contributed by atoms with Crippen molar-refractivity contribution in [1.29, 1.82) is 0 Å². The summed E-state index contributed by atoms with van der Waals surface area (Å²) >= 11 is 0. The molecule has 0 aliphatic rings. The van der Waals surface area contributed by atoms with Gasteiger partial charge in [-0.05, 0) is 37.3 Å². The molecule has 0 unspecified atom stereocenters. The number of carbonyl (C=O) groups is 1. The lowest BCUT2D eigenvalue weighted by Gasteiger charge is -2.04. The molecule has 0 aliphatic heterocycles. The standard InChI is InChI=1S/C9H11NO3.C6H7NO/c1-2-13-9(12)7-5-6(10)3-4-8(7)11;7-5-3-1-2-4-6(5)8/h3-5,11H,2,10H2,1H3;1-4,8H,7H2. The number of hydrogen-bond acceptors (Lipinski definition) is 6. The van der Waals surface area contributed by atoms with Crippen molar-refractivity contribution in [1.82, 2.24) is 0 Å². The zero-order valence-electron chi connectivity index (χ0n) is 11.6. The summed E-state index contributed by atoms with van der Waals surface area (Å²) in [5.74, 6) is -0.535. The van der Waals surface area contributed by atoms with Gasteiger partial charge in [0.25, 0.3) is 0 Å². The number of nitrogens with two attached hydrogens (primary N) is 2. The number of esters is 1. The smallest absolute Gasteiger partial charge is 0.341 e. The van der Waals surface area contributed by atoms with Gasteiger partial charge in [-0.15, -0.1) is 0 Å². The molecule has 112 valence electrons. The van der Waals surface area contributed by atoms with Crippen molar-refractivity contribution >= 4 is 17.3 Å².